The molecule has 0 aromatic heterocycles. The zero-order valence-electron chi connectivity index (χ0n) is 9.75. The standard InChI is InChI=1S/C12H18ClNO2/c1-3-14-8-10-5-6-12(11(13)7-10)16-9-15-4-2/h5-7,14H,3-4,8-9H2,1-2H3. The third-order valence-electron chi connectivity index (χ3n) is 2.08. The highest BCUT2D eigenvalue weighted by molar-refractivity contribution is 6.32. The third kappa shape index (κ3) is 4.39. The molecule has 4 heteroatoms. The van der Waals surface area contributed by atoms with E-state index in [4.69, 9.17) is 21.1 Å². The van der Waals surface area contributed by atoms with Gasteiger partial charge in [0.15, 0.2) is 6.79 Å². The molecule has 0 aliphatic carbocycles. The molecule has 0 fully saturated rings. The van der Waals surface area contributed by atoms with Crippen LogP contribution in [0.3, 0.4) is 0 Å². The largest absolute Gasteiger partial charge is 0.466 e. The van der Waals surface area contributed by atoms with Crippen molar-refractivity contribution in [3.8, 4) is 5.75 Å². The highest BCUT2D eigenvalue weighted by atomic mass is 35.5. The van der Waals surface area contributed by atoms with E-state index in [9.17, 15) is 0 Å². The first kappa shape index (κ1) is 13.3. The quantitative estimate of drug-likeness (QED) is 0.590. The molecule has 0 amide bonds. The van der Waals surface area contributed by atoms with Crippen LogP contribution < -0.4 is 10.1 Å². The van der Waals surface area contributed by atoms with Crippen LogP contribution in [0.25, 0.3) is 0 Å². The van der Waals surface area contributed by atoms with Gasteiger partial charge in [0.25, 0.3) is 0 Å². The molecule has 0 unspecified atom stereocenters. The topological polar surface area (TPSA) is 30.5 Å². The van der Waals surface area contributed by atoms with Gasteiger partial charge in [-0.1, -0.05) is 24.6 Å². The van der Waals surface area contributed by atoms with E-state index >= 15 is 0 Å². The average molecular weight is 244 g/mol. The number of hydrogen-bond acceptors (Lipinski definition) is 3. The first-order chi connectivity index (χ1) is 7.77. The summed E-state index contributed by atoms with van der Waals surface area (Å²) in [5.74, 6) is 0.662. The van der Waals surface area contributed by atoms with Crippen LogP contribution in [0, 0.1) is 0 Å². The van der Waals surface area contributed by atoms with Gasteiger partial charge < -0.3 is 14.8 Å². The molecule has 0 atom stereocenters. The van der Waals surface area contributed by atoms with Crippen LogP contribution in [0.1, 0.15) is 19.4 Å². The van der Waals surface area contributed by atoms with Gasteiger partial charge in [-0.25, -0.2) is 0 Å². The van der Waals surface area contributed by atoms with Gasteiger partial charge in [-0.2, -0.15) is 0 Å². The summed E-state index contributed by atoms with van der Waals surface area (Å²) in [6.07, 6.45) is 0. The lowest BCUT2D eigenvalue weighted by molar-refractivity contribution is 0.0224. The van der Waals surface area contributed by atoms with Gasteiger partial charge in [0.1, 0.15) is 5.75 Å². The van der Waals surface area contributed by atoms with E-state index in [0.717, 1.165) is 18.7 Å². The Morgan fingerprint density at radius 2 is 2.12 bits per heavy atom. The molecule has 0 aliphatic rings. The van der Waals surface area contributed by atoms with Crippen molar-refractivity contribution in [2.75, 3.05) is 19.9 Å². The molecule has 0 radical (unpaired) electrons. The van der Waals surface area contributed by atoms with Crippen LogP contribution in [-0.2, 0) is 11.3 Å². The van der Waals surface area contributed by atoms with Crippen molar-refractivity contribution in [1.82, 2.24) is 5.32 Å². The fourth-order valence-corrected chi connectivity index (χ4v) is 1.49. The van der Waals surface area contributed by atoms with E-state index in [1.807, 2.05) is 25.1 Å². The van der Waals surface area contributed by atoms with Crippen LogP contribution in [0.4, 0.5) is 0 Å². The first-order valence-electron chi connectivity index (χ1n) is 5.47. The minimum Gasteiger partial charge on any atom is -0.466 e. The lowest BCUT2D eigenvalue weighted by Gasteiger charge is -2.09. The number of hydrogen-bond donors (Lipinski definition) is 1. The van der Waals surface area contributed by atoms with Crippen molar-refractivity contribution in [2.24, 2.45) is 0 Å². The van der Waals surface area contributed by atoms with E-state index in [0.29, 0.717) is 17.4 Å². The third-order valence-corrected chi connectivity index (χ3v) is 2.37. The van der Waals surface area contributed by atoms with Gasteiger partial charge in [-0.15, -0.1) is 0 Å². The molecule has 1 N–H and O–H groups in total. The van der Waals surface area contributed by atoms with Crippen LogP contribution in [0.5, 0.6) is 5.75 Å². The second-order valence-corrected chi connectivity index (χ2v) is 3.71. The molecular weight excluding hydrogens is 226 g/mol. The summed E-state index contributed by atoms with van der Waals surface area (Å²) in [6, 6.07) is 5.77. The van der Waals surface area contributed by atoms with Gasteiger partial charge in [0.05, 0.1) is 5.02 Å². The highest BCUT2D eigenvalue weighted by Crippen LogP contribution is 2.25. The molecule has 16 heavy (non-hydrogen) atoms. The van der Waals surface area contributed by atoms with Crippen LogP contribution in [0.2, 0.25) is 5.02 Å². The molecule has 0 bridgehead atoms. The molecule has 1 rings (SSSR count). The maximum absolute atomic E-state index is 6.08. The van der Waals surface area contributed by atoms with Crippen molar-refractivity contribution in [3.05, 3.63) is 28.8 Å². The Bertz CT molecular complexity index is 318. The summed E-state index contributed by atoms with van der Waals surface area (Å²) in [4.78, 5) is 0. The average Bonchev–Trinajstić information content (AvgIpc) is 2.29. The zero-order chi connectivity index (χ0) is 11.8. The van der Waals surface area contributed by atoms with Crippen molar-refractivity contribution < 1.29 is 9.47 Å². The Balaban J connectivity index is 2.53. The molecule has 0 heterocycles. The van der Waals surface area contributed by atoms with Gasteiger partial charge >= 0.3 is 0 Å². The molecular formula is C12H18ClNO2. The minimum atomic E-state index is 0.239. The lowest BCUT2D eigenvalue weighted by Crippen LogP contribution is -2.11. The van der Waals surface area contributed by atoms with Crippen molar-refractivity contribution in [1.29, 1.82) is 0 Å². The van der Waals surface area contributed by atoms with E-state index in [1.54, 1.807) is 0 Å². The second-order valence-electron chi connectivity index (χ2n) is 3.30. The summed E-state index contributed by atoms with van der Waals surface area (Å²) in [5, 5.41) is 3.86. The molecule has 1 aromatic carbocycles. The second kappa shape index (κ2) is 7.49. The number of rotatable bonds is 7. The monoisotopic (exact) mass is 243 g/mol. The summed E-state index contributed by atoms with van der Waals surface area (Å²) < 4.78 is 10.5. The lowest BCUT2D eigenvalue weighted by atomic mass is 10.2. The Morgan fingerprint density at radius 1 is 1.31 bits per heavy atom. The van der Waals surface area contributed by atoms with Crippen LogP contribution >= 0.6 is 11.6 Å². The van der Waals surface area contributed by atoms with E-state index in [-0.39, 0.29) is 6.79 Å². The predicted molar refractivity (Wildman–Crippen MR) is 66.0 cm³/mol. The molecule has 0 spiro atoms. The Kier molecular flexibility index (Phi) is 6.23. The summed E-state index contributed by atoms with van der Waals surface area (Å²) in [7, 11) is 0. The molecule has 90 valence electrons. The smallest absolute Gasteiger partial charge is 0.189 e. The Labute approximate surface area is 102 Å². The Morgan fingerprint density at radius 3 is 2.75 bits per heavy atom. The summed E-state index contributed by atoms with van der Waals surface area (Å²) in [6.45, 7) is 6.63. The van der Waals surface area contributed by atoms with E-state index < -0.39 is 0 Å². The fraction of sp³-hybridized carbons (Fsp3) is 0.500. The SMILES string of the molecule is CCNCc1ccc(OCOCC)c(Cl)c1. The number of ether oxygens (including phenoxy) is 2. The van der Waals surface area contributed by atoms with Crippen LogP contribution in [-0.4, -0.2) is 19.9 Å². The van der Waals surface area contributed by atoms with Gasteiger partial charge in [0, 0.05) is 13.2 Å². The molecule has 3 nitrogen and oxygen atoms in total. The van der Waals surface area contributed by atoms with E-state index in [2.05, 4.69) is 12.2 Å². The molecule has 0 aliphatic heterocycles. The maximum Gasteiger partial charge on any atom is 0.189 e. The van der Waals surface area contributed by atoms with Gasteiger partial charge in [-0.05, 0) is 31.2 Å². The van der Waals surface area contributed by atoms with Crippen LogP contribution in [0.15, 0.2) is 18.2 Å². The maximum atomic E-state index is 6.08. The number of halogens is 1. The van der Waals surface area contributed by atoms with Crippen molar-refractivity contribution in [2.45, 2.75) is 20.4 Å². The summed E-state index contributed by atoms with van der Waals surface area (Å²) in [5.41, 5.74) is 1.15. The van der Waals surface area contributed by atoms with Crippen molar-refractivity contribution >= 4 is 11.6 Å². The first-order valence-corrected chi connectivity index (χ1v) is 5.85. The zero-order valence-corrected chi connectivity index (χ0v) is 10.5. The van der Waals surface area contributed by atoms with Crippen molar-refractivity contribution in [3.63, 3.8) is 0 Å². The Hall–Kier alpha value is -0.770. The normalized spacial score (nSPS) is 10.4. The van der Waals surface area contributed by atoms with Gasteiger partial charge in [-0.3, -0.25) is 0 Å². The molecule has 0 saturated carbocycles. The number of nitrogens with one attached hydrogen (secondary N) is 1. The number of benzene rings is 1. The highest BCUT2D eigenvalue weighted by Gasteiger charge is 2.02. The minimum absolute atomic E-state index is 0.239. The van der Waals surface area contributed by atoms with Gasteiger partial charge in [0.2, 0.25) is 0 Å². The fourth-order valence-electron chi connectivity index (χ4n) is 1.23. The summed E-state index contributed by atoms with van der Waals surface area (Å²) >= 11 is 6.08. The molecule has 1 aromatic rings. The predicted octanol–water partition coefficient (Wildman–Crippen LogP) is 2.82. The van der Waals surface area contributed by atoms with E-state index in [1.165, 1.54) is 0 Å². The molecule has 0 saturated heterocycles.